The van der Waals surface area contributed by atoms with Crippen LogP contribution in [0.5, 0.6) is 34.5 Å². The Bertz CT molecular complexity index is 1030. The van der Waals surface area contributed by atoms with Crippen LogP contribution in [0.2, 0.25) is 0 Å². The molecule has 178 valence electrons. The van der Waals surface area contributed by atoms with Crippen molar-refractivity contribution < 1.29 is 42.7 Å². The molecule has 0 aromatic heterocycles. The first kappa shape index (κ1) is 22.8. The first-order chi connectivity index (χ1) is 15.9. The van der Waals surface area contributed by atoms with Crippen molar-refractivity contribution in [2.75, 3.05) is 41.8 Å². The van der Waals surface area contributed by atoms with Gasteiger partial charge in [0.15, 0.2) is 23.0 Å². The van der Waals surface area contributed by atoms with Crippen molar-refractivity contribution in [1.82, 2.24) is 0 Å². The predicted molar refractivity (Wildman–Crippen MR) is 117 cm³/mol. The van der Waals surface area contributed by atoms with Gasteiger partial charge in [-0.1, -0.05) is 0 Å². The van der Waals surface area contributed by atoms with E-state index in [1.54, 1.807) is 34.1 Å². The highest BCUT2D eigenvalue weighted by Crippen LogP contribution is 2.54. The Labute approximate surface area is 192 Å². The van der Waals surface area contributed by atoms with Gasteiger partial charge in [-0.2, -0.15) is 0 Å². The van der Waals surface area contributed by atoms with Gasteiger partial charge in [0.25, 0.3) is 0 Å². The van der Waals surface area contributed by atoms with E-state index < -0.39 is 23.6 Å². The third-order valence-electron chi connectivity index (χ3n) is 6.04. The molecule has 0 N–H and O–H groups in total. The maximum absolute atomic E-state index is 13.3. The maximum Gasteiger partial charge on any atom is 0.316 e. The number of hydrogen-bond donors (Lipinski definition) is 0. The molecule has 2 aromatic carbocycles. The van der Waals surface area contributed by atoms with Crippen molar-refractivity contribution in [2.24, 2.45) is 5.92 Å². The second kappa shape index (κ2) is 8.90. The topological polar surface area (TPSA) is 90.9 Å². The number of esters is 1. The first-order valence-electron chi connectivity index (χ1n) is 10.5. The van der Waals surface area contributed by atoms with E-state index in [-0.39, 0.29) is 13.4 Å². The molecule has 3 atom stereocenters. The molecule has 0 bridgehead atoms. The van der Waals surface area contributed by atoms with Gasteiger partial charge in [-0.05, 0) is 30.7 Å². The fourth-order valence-corrected chi connectivity index (χ4v) is 4.44. The fraction of sp³-hybridized carbons (Fsp3) is 0.458. The molecule has 0 saturated carbocycles. The van der Waals surface area contributed by atoms with Crippen molar-refractivity contribution in [3.63, 3.8) is 0 Å². The normalized spacial score (nSPS) is 22.7. The summed E-state index contributed by atoms with van der Waals surface area (Å²) in [6.45, 7) is 3.79. The van der Waals surface area contributed by atoms with Crippen LogP contribution in [-0.4, -0.2) is 53.6 Å². The molecule has 0 unspecified atom stereocenters. The Morgan fingerprint density at radius 1 is 0.970 bits per heavy atom. The summed E-state index contributed by atoms with van der Waals surface area (Å²) in [5.74, 6) is -0.152. The van der Waals surface area contributed by atoms with E-state index in [1.165, 1.54) is 14.2 Å². The van der Waals surface area contributed by atoms with Crippen molar-refractivity contribution in [1.29, 1.82) is 0 Å². The average molecular weight is 460 g/mol. The minimum absolute atomic E-state index is 0.107. The number of hydrogen-bond acceptors (Lipinski definition) is 9. The number of carbonyl (C=O) groups is 1. The second-order valence-electron chi connectivity index (χ2n) is 7.73. The number of ether oxygens (including phenoxy) is 8. The van der Waals surface area contributed by atoms with Crippen LogP contribution in [0.25, 0.3) is 0 Å². The third kappa shape index (κ3) is 3.76. The standard InChI is InChI=1S/C24H28O9/c1-7-30-23(25)21-20(13-8-18(26-3)22(28-5)19(9-13)27-4)14-10-16-17(32-12-31-16)11-15(14)33-24(21,2)29-6/h8-11,20-21H,7,12H2,1-6H3/t20-,21-,24-/m1/s1. The van der Waals surface area contributed by atoms with Gasteiger partial charge in [-0.15, -0.1) is 0 Å². The first-order valence-corrected chi connectivity index (χ1v) is 10.5. The van der Waals surface area contributed by atoms with E-state index in [1.807, 2.05) is 18.2 Å². The van der Waals surface area contributed by atoms with Crippen LogP contribution in [0.3, 0.4) is 0 Å². The van der Waals surface area contributed by atoms with E-state index in [2.05, 4.69) is 0 Å². The lowest BCUT2D eigenvalue weighted by molar-refractivity contribution is -0.212. The van der Waals surface area contributed by atoms with E-state index in [9.17, 15) is 4.79 Å². The highest BCUT2D eigenvalue weighted by Gasteiger charge is 2.53. The Morgan fingerprint density at radius 2 is 1.61 bits per heavy atom. The van der Waals surface area contributed by atoms with E-state index in [4.69, 9.17) is 37.9 Å². The predicted octanol–water partition coefficient (Wildman–Crippen LogP) is 3.51. The highest BCUT2D eigenvalue weighted by molar-refractivity contribution is 5.78. The van der Waals surface area contributed by atoms with Crippen LogP contribution >= 0.6 is 0 Å². The molecule has 0 aliphatic carbocycles. The van der Waals surface area contributed by atoms with Gasteiger partial charge < -0.3 is 37.9 Å². The van der Waals surface area contributed by atoms with E-state index >= 15 is 0 Å². The number of benzene rings is 2. The lowest BCUT2D eigenvalue weighted by atomic mass is 9.74. The van der Waals surface area contributed by atoms with Crippen LogP contribution < -0.4 is 28.4 Å². The largest absolute Gasteiger partial charge is 0.493 e. The molecule has 9 heteroatoms. The molecule has 2 heterocycles. The minimum Gasteiger partial charge on any atom is -0.493 e. The lowest BCUT2D eigenvalue weighted by Crippen LogP contribution is -2.52. The molecule has 2 aromatic rings. The quantitative estimate of drug-likeness (QED) is 0.576. The van der Waals surface area contributed by atoms with Crippen molar-refractivity contribution in [2.45, 2.75) is 25.6 Å². The zero-order chi connectivity index (χ0) is 23.8. The maximum atomic E-state index is 13.3. The molecular weight excluding hydrogens is 432 g/mol. The molecule has 0 saturated heterocycles. The molecule has 9 nitrogen and oxygen atoms in total. The van der Waals surface area contributed by atoms with Crippen molar-refractivity contribution >= 4 is 5.97 Å². The molecule has 0 fully saturated rings. The molecular formula is C24H28O9. The van der Waals surface area contributed by atoms with Crippen molar-refractivity contribution in [3.8, 4) is 34.5 Å². The van der Waals surface area contributed by atoms with Gasteiger partial charge in [-0.25, -0.2) is 0 Å². The fourth-order valence-electron chi connectivity index (χ4n) is 4.44. The Kier molecular flexibility index (Phi) is 6.16. The molecule has 2 aliphatic heterocycles. The van der Waals surface area contributed by atoms with Gasteiger partial charge in [0.1, 0.15) is 11.7 Å². The zero-order valence-electron chi connectivity index (χ0n) is 19.6. The summed E-state index contributed by atoms with van der Waals surface area (Å²) in [4.78, 5) is 13.3. The summed E-state index contributed by atoms with van der Waals surface area (Å²) in [6.07, 6.45) is 0. The highest BCUT2D eigenvalue weighted by atomic mass is 16.7. The number of fused-ring (bicyclic) bond motifs is 2. The minimum atomic E-state index is -1.32. The third-order valence-corrected chi connectivity index (χ3v) is 6.04. The van der Waals surface area contributed by atoms with Crippen LogP contribution in [0, 0.1) is 5.92 Å². The molecule has 2 aliphatic rings. The number of rotatable bonds is 7. The summed E-state index contributed by atoms with van der Waals surface area (Å²) in [5.41, 5.74) is 1.45. The molecule has 4 rings (SSSR count). The van der Waals surface area contributed by atoms with E-state index in [0.29, 0.717) is 34.5 Å². The summed E-state index contributed by atoms with van der Waals surface area (Å²) in [6, 6.07) is 7.20. The van der Waals surface area contributed by atoms with Crippen LogP contribution in [0.15, 0.2) is 24.3 Å². The van der Waals surface area contributed by atoms with Crippen LogP contribution in [-0.2, 0) is 14.3 Å². The smallest absolute Gasteiger partial charge is 0.316 e. The van der Waals surface area contributed by atoms with Gasteiger partial charge in [-0.3, -0.25) is 4.79 Å². The monoisotopic (exact) mass is 460 g/mol. The van der Waals surface area contributed by atoms with E-state index in [0.717, 1.165) is 11.1 Å². The summed E-state index contributed by atoms with van der Waals surface area (Å²) in [7, 11) is 6.11. The Morgan fingerprint density at radius 3 is 2.15 bits per heavy atom. The SMILES string of the molecule is CCOC(=O)[C@H]1[C@H](c2cc(OC)c(OC)c(OC)c2)c2cc3c(cc2O[C@@]1(C)OC)OCO3. The summed E-state index contributed by atoms with van der Waals surface area (Å²) in [5, 5.41) is 0. The Hall–Kier alpha value is -3.33. The van der Waals surface area contributed by atoms with Crippen molar-refractivity contribution in [3.05, 3.63) is 35.4 Å². The van der Waals surface area contributed by atoms with Gasteiger partial charge in [0.05, 0.1) is 27.9 Å². The van der Waals surface area contributed by atoms with Crippen LogP contribution in [0.4, 0.5) is 0 Å². The number of methoxy groups -OCH3 is 4. The summed E-state index contributed by atoms with van der Waals surface area (Å²) < 4.78 is 45.2. The zero-order valence-corrected chi connectivity index (χ0v) is 19.6. The Balaban J connectivity index is 1.99. The molecule has 0 spiro atoms. The summed E-state index contributed by atoms with van der Waals surface area (Å²) >= 11 is 0. The molecule has 33 heavy (non-hydrogen) atoms. The van der Waals surface area contributed by atoms with Gasteiger partial charge >= 0.3 is 5.97 Å². The van der Waals surface area contributed by atoms with Crippen LogP contribution in [0.1, 0.15) is 30.9 Å². The van der Waals surface area contributed by atoms with Gasteiger partial charge in [0, 0.05) is 31.6 Å². The second-order valence-corrected chi connectivity index (χ2v) is 7.73. The number of carbonyl (C=O) groups excluding carboxylic acids is 1. The molecule has 0 amide bonds. The molecule has 0 radical (unpaired) electrons. The van der Waals surface area contributed by atoms with Gasteiger partial charge in [0.2, 0.25) is 18.3 Å². The average Bonchev–Trinajstić information content (AvgIpc) is 3.28. The lowest BCUT2D eigenvalue weighted by Gasteiger charge is -2.44.